The fourth-order valence-corrected chi connectivity index (χ4v) is 5.63. The second-order valence-electron chi connectivity index (χ2n) is 14.0. The molecule has 0 aliphatic heterocycles. The molecular weight excluding hydrogens is 1280 g/mol. The first-order valence-corrected chi connectivity index (χ1v) is 37.3. The molecule has 0 bridgehead atoms. The third-order valence-corrected chi connectivity index (χ3v) is 10.2. The number of imidazole rings is 1. The molecule has 0 unspecified atom stereocenters. The average Bonchev–Trinajstić information content (AvgIpc) is 4.46. The standard InChI is InChI=1S/C5H7N.C5H6O.C5H6S.3C4H6N2.3C4H5NO.3C4H5NS.12C2H6/c3*1-5-3-2-4-6-5;1-4-2-5-3-6-4;1-6-4-2-3-5-6;1-4-2-3-5-6-4;1-4-2-5-3-6-4;1-4-5-2-3-6-4;1-4-2-3-5-6-4;1-4-2-5-3-6-4;1-4-5-2-3-6-4;1-4-2-3-5-6-4;12*1-2/h2-4,6H,1H3;2*2-4H,1H3;2-3H,1H3,(H,5,6);2-4H,1H3;2-3H,1H3,(H,5,6);6*2-3H,1H3;12*1-2H3. The second kappa shape index (κ2) is 112. The van der Waals surface area contributed by atoms with Crippen LogP contribution in [0.15, 0.2) is 188 Å². The number of nitrogens with one attached hydrogen (secondary N) is 3. The zero-order chi connectivity index (χ0) is 76.9. The lowest BCUT2D eigenvalue weighted by Gasteiger charge is -1.77. The molecule has 0 radical (unpaired) electrons. The zero-order valence-corrected chi connectivity index (χ0v) is 70.2. The summed E-state index contributed by atoms with van der Waals surface area (Å²) in [5.74, 6) is 3.40. The molecule has 0 spiro atoms. The summed E-state index contributed by atoms with van der Waals surface area (Å²) in [5.41, 5.74) is 5.26. The van der Waals surface area contributed by atoms with E-state index >= 15 is 0 Å². The van der Waals surface area contributed by atoms with Crippen LogP contribution in [0, 0.1) is 76.2 Å². The van der Waals surface area contributed by atoms with Crippen LogP contribution in [0.4, 0.5) is 0 Å². The molecule has 12 heterocycles. The number of H-pyrrole nitrogens is 3. The minimum atomic E-state index is 0.718. The highest BCUT2D eigenvalue weighted by molar-refractivity contribution is 7.10. The molecule has 0 aliphatic rings. The molecule has 0 atom stereocenters. The van der Waals surface area contributed by atoms with E-state index in [0.29, 0.717) is 0 Å². The van der Waals surface area contributed by atoms with Gasteiger partial charge in [0.25, 0.3) is 0 Å². The van der Waals surface area contributed by atoms with E-state index in [0.717, 1.165) is 39.6 Å². The number of furan rings is 1. The maximum atomic E-state index is 4.83. The van der Waals surface area contributed by atoms with Gasteiger partial charge in [0, 0.05) is 107 Å². The molecule has 12 rings (SSSR count). The molecule has 552 valence electrons. The fourth-order valence-electron chi connectivity index (χ4n) is 3.84. The molecule has 21 heteroatoms. The minimum absolute atomic E-state index is 0.718. The van der Waals surface area contributed by atoms with Gasteiger partial charge in [0.1, 0.15) is 23.5 Å². The van der Waals surface area contributed by atoms with Gasteiger partial charge < -0.3 is 27.7 Å². The van der Waals surface area contributed by atoms with Crippen LogP contribution in [0.1, 0.15) is 226 Å². The van der Waals surface area contributed by atoms with E-state index in [2.05, 4.69) is 88.7 Å². The number of oxazole rings is 2. The van der Waals surface area contributed by atoms with Crippen molar-refractivity contribution < 1.29 is 17.8 Å². The molecule has 3 N–H and O–H groups in total. The van der Waals surface area contributed by atoms with Crippen molar-refractivity contribution in [1.29, 1.82) is 0 Å². The van der Waals surface area contributed by atoms with Crippen LogP contribution < -0.4 is 0 Å². The van der Waals surface area contributed by atoms with E-state index in [-0.39, 0.29) is 0 Å². The van der Waals surface area contributed by atoms with E-state index in [9.17, 15) is 0 Å². The lowest BCUT2D eigenvalue weighted by molar-refractivity contribution is 0.397. The van der Waals surface area contributed by atoms with Crippen LogP contribution in [0.2, 0.25) is 0 Å². The van der Waals surface area contributed by atoms with E-state index in [4.69, 9.17) is 13.3 Å². The van der Waals surface area contributed by atoms with E-state index in [1.807, 2.05) is 307 Å². The Hall–Kier alpha value is -7.59. The van der Waals surface area contributed by atoms with Crippen molar-refractivity contribution in [2.24, 2.45) is 7.05 Å². The quantitative estimate of drug-likeness (QED) is 0.129. The lowest BCUT2D eigenvalue weighted by Crippen LogP contribution is -1.83. The molecule has 12 aromatic heterocycles. The Bertz CT molecular complexity index is 2040. The molecule has 0 fully saturated rings. The molecular formula is C75H139N13O4S4. The molecule has 0 aromatic carbocycles. The van der Waals surface area contributed by atoms with Crippen LogP contribution in [0.3, 0.4) is 0 Å². The van der Waals surface area contributed by atoms with Gasteiger partial charge in [-0.15, -0.1) is 34.0 Å². The molecule has 0 aliphatic carbocycles. The first-order chi connectivity index (χ1) is 46.7. The van der Waals surface area contributed by atoms with Crippen molar-refractivity contribution in [2.75, 3.05) is 0 Å². The maximum absolute atomic E-state index is 4.83. The van der Waals surface area contributed by atoms with Gasteiger partial charge in [0.05, 0.1) is 41.7 Å². The van der Waals surface area contributed by atoms with Gasteiger partial charge in [-0.05, 0) is 135 Å². The van der Waals surface area contributed by atoms with E-state index in [1.54, 1.807) is 120 Å². The van der Waals surface area contributed by atoms with E-state index in [1.165, 1.54) is 38.3 Å². The van der Waals surface area contributed by atoms with Gasteiger partial charge in [-0.2, -0.15) is 10.2 Å². The number of hydrogen-bond donors (Lipinski definition) is 3. The van der Waals surface area contributed by atoms with Crippen molar-refractivity contribution >= 4 is 45.5 Å². The normalized spacial score (nSPS) is 7.38. The SMILES string of the molecule is CC.CC.CC.CC.CC.CC.CC.CC.CC.CC.CC.CC.Cc1ccc[nH]1.Cc1ccco1.Cc1cccs1.Cc1ccn[nH]1.Cc1ccno1.Cc1ccns1.Cc1cnc[nH]1.Cc1cnco1.Cc1cncs1.Cc1ncco1.Cc1nccs1.Cn1cccn1. The molecule has 0 saturated carbocycles. The monoisotopic (exact) mass is 1410 g/mol. The number of nitrogens with zero attached hydrogens (tertiary/aromatic N) is 10. The Morgan fingerprint density at radius 2 is 1.04 bits per heavy atom. The largest absolute Gasteiger partial charge is 0.470 e. The topological polar surface area (TPSA) is 221 Å². The Kier molecular flexibility index (Phi) is 135. The minimum Gasteiger partial charge on any atom is -0.470 e. The summed E-state index contributed by atoms with van der Waals surface area (Å²) in [6.07, 6.45) is 25.7. The summed E-state index contributed by atoms with van der Waals surface area (Å²) in [4.78, 5) is 28.8. The van der Waals surface area contributed by atoms with Crippen LogP contribution in [0.5, 0.6) is 0 Å². The van der Waals surface area contributed by atoms with Crippen LogP contribution in [-0.2, 0) is 7.05 Å². The highest BCUT2D eigenvalue weighted by atomic mass is 32.1. The highest BCUT2D eigenvalue weighted by Gasteiger charge is 1.82. The predicted molar refractivity (Wildman–Crippen MR) is 428 cm³/mol. The number of rotatable bonds is 0. The summed E-state index contributed by atoms with van der Waals surface area (Å²) >= 11 is 6.64. The van der Waals surface area contributed by atoms with Crippen molar-refractivity contribution in [2.45, 2.75) is 242 Å². The Morgan fingerprint density at radius 3 is 1.17 bits per heavy atom. The van der Waals surface area contributed by atoms with Crippen LogP contribution >= 0.6 is 45.5 Å². The van der Waals surface area contributed by atoms with Crippen LogP contribution in [-0.4, -0.2) is 64.4 Å². The molecule has 0 saturated heterocycles. The Morgan fingerprint density at radius 1 is 0.417 bits per heavy atom. The van der Waals surface area contributed by atoms with Crippen molar-refractivity contribution in [3.05, 3.63) is 230 Å². The third kappa shape index (κ3) is 108. The molecule has 0 amide bonds. The lowest BCUT2D eigenvalue weighted by atomic mass is 10.5. The second-order valence-corrected chi connectivity index (χ2v) is 18.4. The summed E-state index contributed by atoms with van der Waals surface area (Å²) in [5, 5.41) is 18.9. The first kappa shape index (κ1) is 116. The van der Waals surface area contributed by atoms with Gasteiger partial charge in [-0.25, -0.2) is 19.3 Å². The zero-order valence-electron chi connectivity index (χ0n) is 66.9. The predicted octanol–water partition coefficient (Wildman–Crippen LogP) is 26.4. The van der Waals surface area contributed by atoms with Crippen molar-refractivity contribution in [1.82, 2.24) is 64.4 Å². The van der Waals surface area contributed by atoms with Gasteiger partial charge in [-0.1, -0.05) is 177 Å². The number of thiophene rings is 1. The maximum Gasteiger partial charge on any atom is 0.190 e. The number of thiazole rings is 2. The van der Waals surface area contributed by atoms with Crippen molar-refractivity contribution in [3.63, 3.8) is 0 Å². The number of aromatic amines is 3. The van der Waals surface area contributed by atoms with Gasteiger partial charge in [0.2, 0.25) is 0 Å². The van der Waals surface area contributed by atoms with Crippen molar-refractivity contribution in [3.8, 4) is 0 Å². The summed E-state index contributed by atoms with van der Waals surface area (Å²) in [6, 6.07) is 19.6. The smallest absolute Gasteiger partial charge is 0.190 e. The first-order valence-electron chi connectivity index (χ1n) is 33.8. The van der Waals surface area contributed by atoms with Gasteiger partial charge in [-0.3, -0.25) is 19.7 Å². The highest BCUT2D eigenvalue weighted by Crippen LogP contribution is 2.04. The Labute approximate surface area is 603 Å². The van der Waals surface area contributed by atoms with Gasteiger partial charge in [0.15, 0.2) is 12.3 Å². The molecule has 96 heavy (non-hydrogen) atoms. The van der Waals surface area contributed by atoms with Crippen LogP contribution in [0.25, 0.3) is 0 Å². The Balaban J connectivity index is -0.0000000779. The van der Waals surface area contributed by atoms with Gasteiger partial charge >= 0.3 is 0 Å². The summed E-state index contributed by atoms with van der Waals surface area (Å²) < 4.78 is 24.5. The molecule has 17 nitrogen and oxygen atoms in total. The fraction of sp³-hybridized carbons (Fsp3) is 0.480. The number of aryl methyl sites for hydroxylation is 12. The number of aromatic nitrogens is 13. The summed E-state index contributed by atoms with van der Waals surface area (Å²) in [7, 11) is 1.89. The third-order valence-electron chi connectivity index (χ3n) is 7.35. The average molecular weight is 1420 g/mol. The summed E-state index contributed by atoms with van der Waals surface area (Å²) in [6.45, 7) is 69.6. The number of hydrogen-bond acceptors (Lipinski definition) is 17. The van der Waals surface area contributed by atoms with E-state index < -0.39 is 0 Å². The molecule has 12 aromatic rings.